The van der Waals surface area contributed by atoms with Gasteiger partial charge in [-0.1, -0.05) is 13.3 Å². The lowest BCUT2D eigenvalue weighted by Gasteiger charge is -2.40. The molecular weight excluding hydrogens is 288 g/mol. The Balaban J connectivity index is 1.69. The number of rotatable bonds is 7. The van der Waals surface area contributed by atoms with Crippen molar-refractivity contribution >= 4 is 23.8 Å². The molecule has 2 rings (SSSR count). The molecule has 2 unspecified atom stereocenters. The van der Waals surface area contributed by atoms with Crippen molar-refractivity contribution in [3.05, 3.63) is 0 Å². The van der Waals surface area contributed by atoms with Crippen LogP contribution in [0.4, 0.5) is 4.79 Å². The van der Waals surface area contributed by atoms with Gasteiger partial charge in [0, 0.05) is 17.8 Å². The SMILES string of the molecule is CCSC1CCC(NC(=O)NCC2(CC(=O)O)CCC2)C1. The van der Waals surface area contributed by atoms with E-state index < -0.39 is 5.97 Å². The Morgan fingerprint density at radius 3 is 2.67 bits per heavy atom. The zero-order valence-electron chi connectivity index (χ0n) is 12.7. The van der Waals surface area contributed by atoms with Gasteiger partial charge in [0.05, 0.1) is 6.42 Å². The number of aliphatic carboxylic acids is 1. The number of carboxylic acids is 1. The third-order valence-corrected chi connectivity index (χ3v) is 5.92. The Morgan fingerprint density at radius 2 is 2.10 bits per heavy atom. The number of hydrogen-bond donors (Lipinski definition) is 3. The molecular formula is C15H26N2O3S. The van der Waals surface area contributed by atoms with Gasteiger partial charge >= 0.3 is 12.0 Å². The van der Waals surface area contributed by atoms with Crippen LogP contribution in [0, 0.1) is 5.41 Å². The molecule has 0 aromatic rings. The fourth-order valence-electron chi connectivity index (χ4n) is 3.38. The van der Waals surface area contributed by atoms with Crippen LogP contribution in [0.15, 0.2) is 0 Å². The van der Waals surface area contributed by atoms with Gasteiger partial charge in [0.2, 0.25) is 0 Å². The molecule has 21 heavy (non-hydrogen) atoms. The van der Waals surface area contributed by atoms with Gasteiger partial charge in [0.25, 0.3) is 0 Å². The van der Waals surface area contributed by atoms with E-state index in [-0.39, 0.29) is 23.9 Å². The predicted molar refractivity (Wildman–Crippen MR) is 84.6 cm³/mol. The van der Waals surface area contributed by atoms with Crippen LogP contribution in [0.5, 0.6) is 0 Å². The molecule has 2 aliphatic carbocycles. The molecule has 0 bridgehead atoms. The molecule has 2 atom stereocenters. The summed E-state index contributed by atoms with van der Waals surface area (Å²) in [5.74, 6) is 0.355. The highest BCUT2D eigenvalue weighted by molar-refractivity contribution is 7.99. The molecule has 0 aliphatic heterocycles. The zero-order chi connectivity index (χ0) is 15.3. The van der Waals surface area contributed by atoms with Crippen molar-refractivity contribution < 1.29 is 14.7 Å². The average molecular weight is 314 g/mol. The minimum Gasteiger partial charge on any atom is -0.481 e. The van der Waals surface area contributed by atoms with Crippen molar-refractivity contribution in [3.8, 4) is 0 Å². The van der Waals surface area contributed by atoms with Crippen LogP contribution < -0.4 is 10.6 Å². The third kappa shape index (κ3) is 4.80. The van der Waals surface area contributed by atoms with Crippen LogP contribution in [0.3, 0.4) is 0 Å². The number of carbonyl (C=O) groups excluding carboxylic acids is 1. The Hall–Kier alpha value is -0.910. The number of carbonyl (C=O) groups is 2. The Labute approximate surface area is 130 Å². The van der Waals surface area contributed by atoms with Gasteiger partial charge in [-0.2, -0.15) is 11.8 Å². The van der Waals surface area contributed by atoms with Crippen LogP contribution in [0.1, 0.15) is 51.9 Å². The first-order chi connectivity index (χ1) is 10.0. The van der Waals surface area contributed by atoms with Crippen molar-refractivity contribution in [1.29, 1.82) is 0 Å². The summed E-state index contributed by atoms with van der Waals surface area (Å²) in [7, 11) is 0. The van der Waals surface area contributed by atoms with E-state index in [1.54, 1.807) is 0 Å². The van der Waals surface area contributed by atoms with Gasteiger partial charge in [-0.05, 0) is 43.3 Å². The highest BCUT2D eigenvalue weighted by Gasteiger charge is 2.39. The second kappa shape index (κ2) is 7.38. The van der Waals surface area contributed by atoms with Crippen molar-refractivity contribution in [3.63, 3.8) is 0 Å². The maximum atomic E-state index is 12.0. The van der Waals surface area contributed by atoms with E-state index in [1.807, 2.05) is 11.8 Å². The van der Waals surface area contributed by atoms with E-state index in [4.69, 9.17) is 5.11 Å². The average Bonchev–Trinajstić information content (AvgIpc) is 2.80. The van der Waals surface area contributed by atoms with Crippen LogP contribution in [0.25, 0.3) is 0 Å². The monoisotopic (exact) mass is 314 g/mol. The minimum absolute atomic E-state index is 0.140. The maximum Gasteiger partial charge on any atom is 0.315 e. The summed E-state index contributed by atoms with van der Waals surface area (Å²) in [5, 5.41) is 15.5. The molecule has 0 aromatic heterocycles. The van der Waals surface area contributed by atoms with Crippen molar-refractivity contribution in [2.24, 2.45) is 5.41 Å². The molecule has 120 valence electrons. The van der Waals surface area contributed by atoms with Crippen molar-refractivity contribution in [2.75, 3.05) is 12.3 Å². The molecule has 0 aromatic carbocycles. The van der Waals surface area contributed by atoms with E-state index in [0.29, 0.717) is 11.8 Å². The van der Waals surface area contributed by atoms with Crippen LogP contribution in [-0.4, -0.2) is 40.7 Å². The summed E-state index contributed by atoms with van der Waals surface area (Å²) in [6.07, 6.45) is 6.29. The number of carboxylic acid groups (broad SMARTS) is 1. The Bertz CT molecular complexity index is 385. The first kappa shape index (κ1) is 16.5. The van der Waals surface area contributed by atoms with Crippen molar-refractivity contribution in [2.45, 2.75) is 63.2 Å². The summed E-state index contributed by atoms with van der Waals surface area (Å²) in [6.45, 7) is 2.64. The molecule has 0 radical (unpaired) electrons. The van der Waals surface area contributed by atoms with E-state index in [0.717, 1.165) is 37.9 Å². The lowest BCUT2D eigenvalue weighted by atomic mass is 9.66. The molecule has 2 fully saturated rings. The fourth-order valence-corrected chi connectivity index (χ4v) is 4.52. The van der Waals surface area contributed by atoms with Gasteiger partial charge in [-0.3, -0.25) is 4.79 Å². The maximum absolute atomic E-state index is 12.0. The van der Waals surface area contributed by atoms with E-state index in [9.17, 15) is 9.59 Å². The lowest BCUT2D eigenvalue weighted by molar-refractivity contribution is -0.141. The van der Waals surface area contributed by atoms with E-state index >= 15 is 0 Å². The molecule has 2 aliphatic rings. The first-order valence-corrected chi connectivity index (χ1v) is 8.96. The van der Waals surface area contributed by atoms with E-state index in [2.05, 4.69) is 17.6 Å². The highest BCUT2D eigenvalue weighted by atomic mass is 32.2. The summed E-state index contributed by atoms with van der Waals surface area (Å²) in [4.78, 5) is 22.9. The van der Waals surface area contributed by atoms with Crippen LogP contribution in [-0.2, 0) is 4.79 Å². The van der Waals surface area contributed by atoms with Gasteiger partial charge in [0.1, 0.15) is 0 Å². The second-order valence-electron chi connectivity index (χ2n) is 6.34. The Morgan fingerprint density at radius 1 is 1.33 bits per heavy atom. The van der Waals surface area contributed by atoms with Crippen LogP contribution >= 0.6 is 11.8 Å². The number of hydrogen-bond acceptors (Lipinski definition) is 3. The molecule has 2 saturated carbocycles. The van der Waals surface area contributed by atoms with Gasteiger partial charge in [0.15, 0.2) is 0 Å². The largest absolute Gasteiger partial charge is 0.481 e. The van der Waals surface area contributed by atoms with Crippen molar-refractivity contribution in [1.82, 2.24) is 10.6 Å². The predicted octanol–water partition coefficient (Wildman–Crippen LogP) is 2.60. The van der Waals surface area contributed by atoms with Gasteiger partial charge in [-0.25, -0.2) is 4.79 Å². The van der Waals surface area contributed by atoms with E-state index in [1.165, 1.54) is 6.42 Å². The smallest absolute Gasteiger partial charge is 0.315 e. The van der Waals surface area contributed by atoms with Crippen LogP contribution in [0.2, 0.25) is 0 Å². The number of nitrogens with one attached hydrogen (secondary N) is 2. The fraction of sp³-hybridized carbons (Fsp3) is 0.867. The third-order valence-electron chi connectivity index (χ3n) is 4.69. The Kier molecular flexibility index (Phi) is 5.79. The number of urea groups is 1. The second-order valence-corrected chi connectivity index (χ2v) is 7.92. The summed E-state index contributed by atoms with van der Waals surface area (Å²) >= 11 is 1.97. The normalized spacial score (nSPS) is 26.9. The first-order valence-electron chi connectivity index (χ1n) is 7.91. The molecule has 2 amide bonds. The molecule has 0 spiro atoms. The highest BCUT2D eigenvalue weighted by Crippen LogP contribution is 2.43. The quantitative estimate of drug-likeness (QED) is 0.675. The molecule has 6 heteroatoms. The summed E-state index contributed by atoms with van der Waals surface area (Å²) in [5.41, 5.74) is -0.209. The number of amides is 2. The zero-order valence-corrected chi connectivity index (χ0v) is 13.5. The number of thioether (sulfide) groups is 1. The molecule has 0 saturated heterocycles. The summed E-state index contributed by atoms with van der Waals surface area (Å²) < 4.78 is 0. The molecule has 0 heterocycles. The molecule has 5 nitrogen and oxygen atoms in total. The van der Waals surface area contributed by atoms with Gasteiger partial charge in [-0.15, -0.1) is 0 Å². The lowest BCUT2D eigenvalue weighted by Crippen LogP contribution is -2.48. The standard InChI is InChI=1S/C15H26N2O3S/c1-2-21-12-5-4-11(8-12)17-14(20)16-10-15(6-3-7-15)9-13(18)19/h11-12H,2-10H2,1H3,(H,18,19)(H2,16,17,20). The summed E-state index contributed by atoms with van der Waals surface area (Å²) in [6, 6.07) is 0.129. The topological polar surface area (TPSA) is 78.4 Å². The van der Waals surface area contributed by atoms with Gasteiger partial charge < -0.3 is 15.7 Å². The molecule has 3 N–H and O–H groups in total. The minimum atomic E-state index is -0.771.